The molecule has 1 aromatic rings. The van der Waals surface area contributed by atoms with Crippen molar-refractivity contribution in [1.29, 1.82) is 0 Å². The summed E-state index contributed by atoms with van der Waals surface area (Å²) >= 11 is 0. The molecule has 2 heterocycles. The Bertz CT molecular complexity index is 500. The van der Waals surface area contributed by atoms with Crippen molar-refractivity contribution in [3.63, 3.8) is 0 Å². The number of rotatable bonds is 2. The first-order valence-corrected chi connectivity index (χ1v) is 5.04. The molecule has 1 aromatic heterocycles. The summed E-state index contributed by atoms with van der Waals surface area (Å²) in [6.07, 6.45) is 2.00. The first-order chi connectivity index (χ1) is 8.08. The van der Waals surface area contributed by atoms with Gasteiger partial charge in [0.1, 0.15) is 0 Å². The lowest BCUT2D eigenvalue weighted by Crippen LogP contribution is -2.39. The molecule has 0 aromatic carbocycles. The molecule has 0 unspecified atom stereocenters. The Morgan fingerprint density at radius 1 is 1.47 bits per heavy atom. The van der Waals surface area contributed by atoms with Crippen molar-refractivity contribution in [2.75, 3.05) is 0 Å². The van der Waals surface area contributed by atoms with Gasteiger partial charge < -0.3 is 5.73 Å². The molecule has 0 saturated carbocycles. The summed E-state index contributed by atoms with van der Waals surface area (Å²) in [6.45, 7) is 0. The Labute approximate surface area is 96.4 Å². The zero-order valence-electron chi connectivity index (χ0n) is 8.84. The summed E-state index contributed by atoms with van der Waals surface area (Å²) in [7, 11) is 0. The molecule has 17 heavy (non-hydrogen) atoms. The molecule has 7 nitrogen and oxygen atoms in total. The maximum absolute atomic E-state index is 11.6. The fourth-order valence-corrected chi connectivity index (χ4v) is 1.66. The number of nitrogens with zero attached hydrogens (tertiary/aromatic N) is 2. The van der Waals surface area contributed by atoms with Crippen LogP contribution in [0.2, 0.25) is 0 Å². The third kappa shape index (κ3) is 2.27. The topological polar surface area (TPSA) is 115 Å². The van der Waals surface area contributed by atoms with Gasteiger partial charge in [0.2, 0.25) is 17.6 Å². The van der Waals surface area contributed by atoms with Crippen LogP contribution in [0.25, 0.3) is 0 Å². The van der Waals surface area contributed by atoms with Crippen molar-refractivity contribution < 1.29 is 14.4 Å². The van der Waals surface area contributed by atoms with E-state index in [-0.39, 0.29) is 18.2 Å². The van der Waals surface area contributed by atoms with Gasteiger partial charge in [0.05, 0.1) is 11.6 Å². The van der Waals surface area contributed by atoms with Gasteiger partial charge in [-0.15, -0.1) is 0 Å². The Balaban J connectivity index is 2.28. The Morgan fingerprint density at radius 3 is 2.88 bits per heavy atom. The molecular weight excluding hydrogens is 224 g/mol. The number of carbonyl (C=O) groups is 3. The van der Waals surface area contributed by atoms with E-state index in [2.05, 4.69) is 15.3 Å². The highest BCUT2D eigenvalue weighted by molar-refractivity contribution is 6.00. The average Bonchev–Trinajstić information content (AvgIpc) is 2.29. The lowest BCUT2D eigenvalue weighted by molar-refractivity contribution is -0.134. The van der Waals surface area contributed by atoms with Crippen LogP contribution in [-0.2, 0) is 9.59 Å². The lowest BCUT2D eigenvalue weighted by atomic mass is 9.94. The Kier molecular flexibility index (Phi) is 2.82. The molecule has 0 aliphatic carbocycles. The van der Waals surface area contributed by atoms with Crippen molar-refractivity contribution in [2.24, 2.45) is 5.73 Å². The van der Waals surface area contributed by atoms with Crippen molar-refractivity contribution in [2.45, 2.75) is 18.8 Å². The third-order valence-electron chi connectivity index (χ3n) is 2.49. The maximum Gasteiger partial charge on any atom is 0.286 e. The minimum atomic E-state index is -0.751. The monoisotopic (exact) mass is 234 g/mol. The molecule has 0 spiro atoms. The van der Waals surface area contributed by atoms with Gasteiger partial charge in [-0.05, 0) is 12.5 Å². The lowest BCUT2D eigenvalue weighted by Gasteiger charge is -2.20. The van der Waals surface area contributed by atoms with E-state index >= 15 is 0 Å². The number of carbonyl (C=O) groups excluding carboxylic acids is 3. The van der Waals surface area contributed by atoms with Crippen LogP contribution in [0, 0.1) is 0 Å². The van der Waals surface area contributed by atoms with Crippen LogP contribution in [0.3, 0.4) is 0 Å². The van der Waals surface area contributed by atoms with E-state index in [1.807, 2.05) is 0 Å². The predicted molar refractivity (Wildman–Crippen MR) is 55.7 cm³/mol. The molecule has 2 rings (SSSR count). The average molecular weight is 234 g/mol. The highest BCUT2D eigenvalue weighted by Gasteiger charge is 2.29. The standard InChI is InChI=1S/C10H10N4O3/c11-8(16)9-12-4-3-6(13-9)5-1-2-7(15)14-10(5)17/h3-5H,1-2H2,(H2,11,16)(H,14,15,17)/t5-/m0/s1. The van der Waals surface area contributed by atoms with Crippen LogP contribution in [0.1, 0.15) is 35.1 Å². The van der Waals surface area contributed by atoms with Crippen LogP contribution in [-0.4, -0.2) is 27.7 Å². The fourth-order valence-electron chi connectivity index (χ4n) is 1.66. The van der Waals surface area contributed by atoms with E-state index in [9.17, 15) is 14.4 Å². The van der Waals surface area contributed by atoms with E-state index in [1.165, 1.54) is 12.3 Å². The number of piperidine rings is 1. The van der Waals surface area contributed by atoms with Crippen molar-refractivity contribution in [3.8, 4) is 0 Å². The van der Waals surface area contributed by atoms with E-state index in [1.54, 1.807) is 0 Å². The normalized spacial score (nSPS) is 19.9. The van der Waals surface area contributed by atoms with Gasteiger partial charge in [-0.2, -0.15) is 0 Å². The first kappa shape index (κ1) is 11.2. The highest BCUT2D eigenvalue weighted by atomic mass is 16.2. The SMILES string of the molecule is NC(=O)c1nccc([C@@H]2CCC(=O)NC2=O)n1. The van der Waals surface area contributed by atoms with Crippen molar-refractivity contribution in [3.05, 3.63) is 23.8 Å². The van der Waals surface area contributed by atoms with Crippen LogP contribution in [0.5, 0.6) is 0 Å². The second-order valence-electron chi connectivity index (χ2n) is 3.67. The summed E-state index contributed by atoms with van der Waals surface area (Å²) in [6, 6.07) is 1.53. The molecule has 3 N–H and O–H groups in total. The predicted octanol–water partition coefficient (Wildman–Crippen LogP) is -0.904. The van der Waals surface area contributed by atoms with Crippen LogP contribution in [0.4, 0.5) is 0 Å². The second kappa shape index (κ2) is 4.28. The van der Waals surface area contributed by atoms with Crippen LogP contribution in [0.15, 0.2) is 12.3 Å². The quantitative estimate of drug-likeness (QED) is 0.643. The largest absolute Gasteiger partial charge is 0.363 e. The molecule has 3 amide bonds. The molecular formula is C10H10N4O3. The van der Waals surface area contributed by atoms with Gasteiger partial charge in [-0.1, -0.05) is 0 Å². The minimum Gasteiger partial charge on any atom is -0.363 e. The number of hydrogen-bond acceptors (Lipinski definition) is 5. The number of nitrogens with two attached hydrogens (primary N) is 1. The van der Waals surface area contributed by atoms with Gasteiger partial charge in [-0.25, -0.2) is 9.97 Å². The molecule has 1 aliphatic heterocycles. The van der Waals surface area contributed by atoms with Crippen molar-refractivity contribution in [1.82, 2.24) is 15.3 Å². The summed E-state index contributed by atoms with van der Waals surface area (Å²) < 4.78 is 0. The Hall–Kier alpha value is -2.31. The molecule has 1 saturated heterocycles. The van der Waals surface area contributed by atoms with E-state index in [0.717, 1.165) is 0 Å². The molecule has 0 radical (unpaired) electrons. The van der Waals surface area contributed by atoms with E-state index in [4.69, 9.17) is 5.73 Å². The highest BCUT2D eigenvalue weighted by Crippen LogP contribution is 2.22. The molecule has 7 heteroatoms. The van der Waals surface area contributed by atoms with Gasteiger partial charge >= 0.3 is 0 Å². The molecule has 0 bridgehead atoms. The molecule has 88 valence electrons. The zero-order valence-corrected chi connectivity index (χ0v) is 8.84. The summed E-state index contributed by atoms with van der Waals surface area (Å²) in [5.41, 5.74) is 5.45. The number of nitrogens with one attached hydrogen (secondary N) is 1. The van der Waals surface area contributed by atoms with Gasteiger partial charge in [0.15, 0.2) is 0 Å². The van der Waals surface area contributed by atoms with Gasteiger partial charge in [0, 0.05) is 12.6 Å². The zero-order chi connectivity index (χ0) is 12.4. The summed E-state index contributed by atoms with van der Waals surface area (Å²) in [4.78, 5) is 41.1. The Morgan fingerprint density at radius 2 is 2.24 bits per heavy atom. The van der Waals surface area contributed by atoms with E-state index in [0.29, 0.717) is 12.1 Å². The van der Waals surface area contributed by atoms with Gasteiger partial charge in [0.25, 0.3) is 5.91 Å². The number of hydrogen-bond donors (Lipinski definition) is 2. The summed E-state index contributed by atoms with van der Waals surface area (Å²) in [5, 5.41) is 2.22. The number of aromatic nitrogens is 2. The van der Waals surface area contributed by atoms with Crippen LogP contribution < -0.4 is 11.1 Å². The molecule has 1 aliphatic rings. The van der Waals surface area contributed by atoms with Crippen molar-refractivity contribution >= 4 is 17.7 Å². The molecule has 1 atom stereocenters. The smallest absolute Gasteiger partial charge is 0.286 e. The number of amides is 3. The maximum atomic E-state index is 11.6. The van der Waals surface area contributed by atoms with E-state index < -0.39 is 17.7 Å². The second-order valence-corrected chi connectivity index (χ2v) is 3.67. The third-order valence-corrected chi connectivity index (χ3v) is 2.49. The number of primary amides is 1. The minimum absolute atomic E-state index is 0.132. The van der Waals surface area contributed by atoms with Gasteiger partial charge in [-0.3, -0.25) is 19.7 Å². The summed E-state index contributed by atoms with van der Waals surface area (Å²) in [5.74, 6) is -2.12. The van der Waals surface area contributed by atoms with Crippen LogP contribution >= 0.6 is 0 Å². The number of imide groups is 1. The molecule has 1 fully saturated rings. The first-order valence-electron chi connectivity index (χ1n) is 5.04. The fraction of sp³-hybridized carbons (Fsp3) is 0.300.